The van der Waals surface area contributed by atoms with Gasteiger partial charge in [0.1, 0.15) is 10.7 Å². The molecule has 0 atom stereocenters. The van der Waals surface area contributed by atoms with E-state index in [-0.39, 0.29) is 21.3 Å². The number of carbonyl (C=O) groups is 1. The van der Waals surface area contributed by atoms with Gasteiger partial charge in [-0.1, -0.05) is 11.6 Å². The maximum Gasteiger partial charge on any atom is 0.267 e. The summed E-state index contributed by atoms with van der Waals surface area (Å²) in [4.78, 5) is 12.6. The summed E-state index contributed by atoms with van der Waals surface area (Å²) in [6, 6.07) is 8.19. The largest absolute Gasteiger partial charge is 0.494 e. The summed E-state index contributed by atoms with van der Waals surface area (Å²) < 4.78 is 32.3. The van der Waals surface area contributed by atoms with Gasteiger partial charge in [0.15, 0.2) is 11.6 Å². The third kappa shape index (κ3) is 3.00. The topological polar surface area (TPSA) is 38.3 Å². The van der Waals surface area contributed by atoms with Crippen LogP contribution in [0.2, 0.25) is 5.02 Å². The summed E-state index contributed by atoms with van der Waals surface area (Å²) in [5.41, 5.74) is 0.271. The zero-order valence-corrected chi connectivity index (χ0v) is 13.4. The third-order valence-corrected chi connectivity index (χ3v) is 4.86. The van der Waals surface area contributed by atoms with Crippen LogP contribution in [0.25, 0.3) is 10.1 Å². The summed E-state index contributed by atoms with van der Waals surface area (Å²) in [5.74, 6) is -1.39. The molecule has 1 N–H and O–H groups in total. The number of anilines is 1. The van der Waals surface area contributed by atoms with Crippen LogP contribution in [0.15, 0.2) is 36.4 Å². The molecule has 0 saturated carbocycles. The van der Waals surface area contributed by atoms with Crippen molar-refractivity contribution in [1.82, 2.24) is 0 Å². The van der Waals surface area contributed by atoms with Crippen LogP contribution in [0, 0.1) is 11.6 Å². The van der Waals surface area contributed by atoms with E-state index in [2.05, 4.69) is 5.32 Å². The summed E-state index contributed by atoms with van der Waals surface area (Å²) in [7, 11) is 1.35. The molecule has 0 radical (unpaired) electrons. The molecule has 1 aromatic heterocycles. The van der Waals surface area contributed by atoms with Gasteiger partial charge in [0, 0.05) is 21.8 Å². The van der Waals surface area contributed by atoms with E-state index in [0.29, 0.717) is 10.1 Å². The number of benzene rings is 2. The summed E-state index contributed by atoms with van der Waals surface area (Å²) >= 11 is 7.26. The van der Waals surface area contributed by atoms with Gasteiger partial charge in [-0.05, 0) is 30.3 Å². The van der Waals surface area contributed by atoms with E-state index < -0.39 is 17.5 Å². The standard InChI is InChI=1S/C16H10ClF2NO2S/c1-22-12-5-3-9(7-11(12)19)20-16(21)15-14(17)10-4-2-8(18)6-13(10)23-15/h2-7H,1H3,(H,20,21). The molecule has 0 aliphatic carbocycles. The number of halogens is 3. The minimum absolute atomic E-state index is 0.0818. The fraction of sp³-hybridized carbons (Fsp3) is 0.0625. The minimum Gasteiger partial charge on any atom is -0.494 e. The van der Waals surface area contributed by atoms with Crippen LogP contribution >= 0.6 is 22.9 Å². The Kier molecular flexibility index (Phi) is 4.19. The van der Waals surface area contributed by atoms with Crippen LogP contribution in [-0.2, 0) is 0 Å². The Hall–Kier alpha value is -2.18. The summed E-state index contributed by atoms with van der Waals surface area (Å²) in [6.45, 7) is 0. The quantitative estimate of drug-likeness (QED) is 0.712. The smallest absolute Gasteiger partial charge is 0.267 e. The zero-order chi connectivity index (χ0) is 16.6. The number of rotatable bonds is 3. The fourth-order valence-electron chi connectivity index (χ4n) is 2.12. The molecular weight excluding hydrogens is 344 g/mol. The monoisotopic (exact) mass is 353 g/mol. The van der Waals surface area contributed by atoms with Crippen molar-refractivity contribution in [1.29, 1.82) is 0 Å². The van der Waals surface area contributed by atoms with Gasteiger partial charge in [0.2, 0.25) is 0 Å². The van der Waals surface area contributed by atoms with Crippen LogP contribution in [0.4, 0.5) is 14.5 Å². The second-order valence-electron chi connectivity index (χ2n) is 4.69. The number of fused-ring (bicyclic) bond motifs is 1. The minimum atomic E-state index is -0.588. The molecule has 7 heteroatoms. The SMILES string of the molecule is COc1ccc(NC(=O)c2sc3cc(F)ccc3c2Cl)cc1F. The van der Waals surface area contributed by atoms with Crippen molar-refractivity contribution in [3.8, 4) is 5.75 Å². The molecular formula is C16H10ClF2NO2S. The normalized spacial score (nSPS) is 10.8. The number of carbonyl (C=O) groups excluding carboxylic acids is 1. The average Bonchev–Trinajstić information content (AvgIpc) is 2.84. The molecule has 3 aromatic rings. The van der Waals surface area contributed by atoms with Gasteiger partial charge in [-0.15, -0.1) is 11.3 Å². The van der Waals surface area contributed by atoms with E-state index in [1.807, 2.05) is 0 Å². The highest BCUT2D eigenvalue weighted by Crippen LogP contribution is 2.36. The summed E-state index contributed by atoms with van der Waals surface area (Å²) in [6.07, 6.45) is 0. The maximum atomic E-state index is 13.7. The fourth-order valence-corrected chi connectivity index (χ4v) is 3.55. The predicted octanol–water partition coefficient (Wildman–Crippen LogP) is 5.09. The highest BCUT2D eigenvalue weighted by Gasteiger charge is 2.18. The molecule has 2 aromatic carbocycles. The van der Waals surface area contributed by atoms with E-state index in [9.17, 15) is 13.6 Å². The van der Waals surface area contributed by atoms with E-state index in [1.54, 1.807) is 0 Å². The molecule has 0 aliphatic heterocycles. The van der Waals surface area contributed by atoms with Crippen molar-refractivity contribution >= 4 is 44.6 Å². The van der Waals surface area contributed by atoms with E-state index >= 15 is 0 Å². The molecule has 0 bridgehead atoms. The first-order valence-corrected chi connectivity index (χ1v) is 7.71. The Labute approximate surface area is 139 Å². The highest BCUT2D eigenvalue weighted by atomic mass is 35.5. The number of hydrogen-bond acceptors (Lipinski definition) is 3. The lowest BCUT2D eigenvalue weighted by Crippen LogP contribution is -2.10. The van der Waals surface area contributed by atoms with Crippen molar-refractivity contribution in [2.24, 2.45) is 0 Å². The number of ether oxygens (including phenoxy) is 1. The maximum absolute atomic E-state index is 13.7. The lowest BCUT2D eigenvalue weighted by molar-refractivity contribution is 0.103. The number of thiophene rings is 1. The molecule has 0 fully saturated rings. The van der Waals surface area contributed by atoms with Gasteiger partial charge in [-0.25, -0.2) is 8.78 Å². The predicted molar refractivity (Wildman–Crippen MR) is 87.7 cm³/mol. The van der Waals surface area contributed by atoms with Gasteiger partial charge in [0.25, 0.3) is 5.91 Å². The number of methoxy groups -OCH3 is 1. The second kappa shape index (κ2) is 6.14. The van der Waals surface area contributed by atoms with Crippen molar-refractivity contribution in [2.45, 2.75) is 0 Å². The molecule has 0 aliphatic rings. The van der Waals surface area contributed by atoms with E-state index in [1.165, 1.54) is 37.4 Å². The first-order chi connectivity index (χ1) is 11.0. The molecule has 3 rings (SSSR count). The van der Waals surface area contributed by atoms with Gasteiger partial charge in [0.05, 0.1) is 12.1 Å². The highest BCUT2D eigenvalue weighted by molar-refractivity contribution is 7.21. The Balaban J connectivity index is 1.91. The Bertz CT molecular complexity index is 910. The van der Waals surface area contributed by atoms with Gasteiger partial charge in [-0.3, -0.25) is 4.79 Å². The van der Waals surface area contributed by atoms with Crippen LogP contribution < -0.4 is 10.1 Å². The molecule has 1 amide bonds. The van der Waals surface area contributed by atoms with Crippen molar-refractivity contribution in [3.63, 3.8) is 0 Å². The Morgan fingerprint density at radius 2 is 2.00 bits per heavy atom. The van der Waals surface area contributed by atoms with Crippen LogP contribution in [-0.4, -0.2) is 13.0 Å². The molecule has 1 heterocycles. The van der Waals surface area contributed by atoms with E-state index in [0.717, 1.165) is 17.4 Å². The van der Waals surface area contributed by atoms with Crippen molar-refractivity contribution in [3.05, 3.63) is 57.9 Å². The molecule has 0 saturated heterocycles. The zero-order valence-electron chi connectivity index (χ0n) is 11.8. The summed E-state index contributed by atoms with van der Waals surface area (Å²) in [5, 5.41) is 3.41. The van der Waals surface area contributed by atoms with Crippen LogP contribution in [0.5, 0.6) is 5.75 Å². The number of nitrogens with one attached hydrogen (secondary N) is 1. The third-order valence-electron chi connectivity index (χ3n) is 3.21. The molecule has 0 spiro atoms. The van der Waals surface area contributed by atoms with Crippen LogP contribution in [0.1, 0.15) is 9.67 Å². The Morgan fingerprint density at radius 1 is 1.22 bits per heavy atom. The first kappa shape index (κ1) is 15.7. The average molecular weight is 354 g/mol. The van der Waals surface area contributed by atoms with Crippen molar-refractivity contribution < 1.29 is 18.3 Å². The molecule has 3 nitrogen and oxygen atoms in total. The van der Waals surface area contributed by atoms with Crippen molar-refractivity contribution in [2.75, 3.05) is 12.4 Å². The second-order valence-corrected chi connectivity index (χ2v) is 6.12. The first-order valence-electron chi connectivity index (χ1n) is 6.52. The molecule has 0 unspecified atom stereocenters. The Morgan fingerprint density at radius 3 is 2.70 bits per heavy atom. The van der Waals surface area contributed by atoms with Gasteiger partial charge >= 0.3 is 0 Å². The van der Waals surface area contributed by atoms with Gasteiger partial charge in [-0.2, -0.15) is 0 Å². The van der Waals surface area contributed by atoms with Crippen LogP contribution in [0.3, 0.4) is 0 Å². The number of hydrogen-bond donors (Lipinski definition) is 1. The van der Waals surface area contributed by atoms with Gasteiger partial charge < -0.3 is 10.1 Å². The lowest BCUT2D eigenvalue weighted by Gasteiger charge is -2.06. The molecule has 118 valence electrons. The number of amides is 1. The van der Waals surface area contributed by atoms with E-state index in [4.69, 9.17) is 16.3 Å². The lowest BCUT2D eigenvalue weighted by atomic mass is 10.2. The molecule has 23 heavy (non-hydrogen) atoms.